The molecule has 0 radical (unpaired) electrons. The molecule has 1 heterocycles. The maximum atomic E-state index is 12.4. The minimum absolute atomic E-state index is 0.179. The van der Waals surface area contributed by atoms with Gasteiger partial charge in [-0.05, 0) is 48.5 Å². The van der Waals surface area contributed by atoms with E-state index in [4.69, 9.17) is 14.2 Å². The zero-order valence-corrected chi connectivity index (χ0v) is 13.9. The van der Waals surface area contributed by atoms with Crippen molar-refractivity contribution in [3.63, 3.8) is 0 Å². The van der Waals surface area contributed by atoms with Crippen molar-refractivity contribution < 1.29 is 19.0 Å². The zero-order valence-electron chi connectivity index (χ0n) is 13.9. The molecule has 0 aromatic heterocycles. The first-order valence-corrected chi connectivity index (χ1v) is 8.30. The summed E-state index contributed by atoms with van der Waals surface area (Å²) < 4.78 is 17.0. The summed E-state index contributed by atoms with van der Waals surface area (Å²) in [7, 11) is 0. The number of carbonyl (C=O) groups is 1. The summed E-state index contributed by atoms with van der Waals surface area (Å²) in [4.78, 5) is 12.4. The van der Waals surface area contributed by atoms with Gasteiger partial charge in [-0.3, -0.25) is 4.79 Å². The summed E-state index contributed by atoms with van der Waals surface area (Å²) in [5, 5.41) is 2.83. The van der Waals surface area contributed by atoms with Crippen LogP contribution in [0, 0.1) is 0 Å². The number of carbonyl (C=O) groups excluding carboxylic acids is 1. The molecular weight excluding hydrogens is 330 g/mol. The maximum absolute atomic E-state index is 12.4. The van der Waals surface area contributed by atoms with Crippen LogP contribution in [0.2, 0.25) is 0 Å². The molecule has 0 spiro atoms. The van der Waals surface area contributed by atoms with Crippen molar-refractivity contribution in [2.24, 2.45) is 0 Å². The van der Waals surface area contributed by atoms with Gasteiger partial charge in [-0.1, -0.05) is 30.3 Å². The quantitative estimate of drug-likeness (QED) is 0.766. The number of ether oxygens (including phenoxy) is 3. The summed E-state index contributed by atoms with van der Waals surface area (Å²) in [5.41, 5.74) is 0.665. The molecule has 4 rings (SSSR count). The predicted molar refractivity (Wildman–Crippen MR) is 97.9 cm³/mol. The van der Waals surface area contributed by atoms with Crippen LogP contribution in [-0.2, 0) is 4.79 Å². The van der Waals surface area contributed by atoms with Crippen LogP contribution < -0.4 is 19.5 Å². The second kappa shape index (κ2) is 7.19. The normalized spacial score (nSPS) is 15.2. The summed E-state index contributed by atoms with van der Waals surface area (Å²) in [6.45, 7) is 0.179. The second-order valence-corrected chi connectivity index (χ2v) is 5.79. The van der Waals surface area contributed by atoms with E-state index < -0.39 is 6.10 Å². The van der Waals surface area contributed by atoms with Crippen molar-refractivity contribution in [2.45, 2.75) is 6.10 Å². The summed E-state index contributed by atoms with van der Waals surface area (Å²) in [6.07, 6.45) is -0.690. The van der Waals surface area contributed by atoms with Crippen LogP contribution >= 0.6 is 0 Å². The fraction of sp³-hybridized carbons (Fsp3) is 0.0952. The van der Waals surface area contributed by atoms with Crippen LogP contribution in [0.15, 0.2) is 78.9 Å². The SMILES string of the molecule is O=C(Nc1ccc(Oc2ccccc2)cc1)[C@@H]1COc2ccccc2O1. The Morgan fingerprint density at radius 2 is 1.50 bits per heavy atom. The molecule has 1 N–H and O–H groups in total. The van der Waals surface area contributed by atoms with Crippen molar-refractivity contribution >= 4 is 11.6 Å². The molecule has 3 aromatic carbocycles. The Balaban J connectivity index is 1.37. The molecule has 3 aromatic rings. The number of anilines is 1. The lowest BCUT2D eigenvalue weighted by Crippen LogP contribution is -2.40. The van der Waals surface area contributed by atoms with Gasteiger partial charge in [-0.2, -0.15) is 0 Å². The molecule has 0 saturated carbocycles. The lowest BCUT2D eigenvalue weighted by molar-refractivity contribution is -0.125. The number of benzene rings is 3. The van der Waals surface area contributed by atoms with E-state index >= 15 is 0 Å². The Labute approximate surface area is 151 Å². The first kappa shape index (κ1) is 16.0. The maximum Gasteiger partial charge on any atom is 0.269 e. The highest BCUT2D eigenvalue weighted by Crippen LogP contribution is 2.31. The molecule has 5 nitrogen and oxygen atoms in total. The minimum atomic E-state index is -0.690. The van der Waals surface area contributed by atoms with E-state index in [2.05, 4.69) is 5.32 Å². The number of amides is 1. The average Bonchev–Trinajstić information content (AvgIpc) is 2.70. The van der Waals surface area contributed by atoms with Crippen molar-refractivity contribution in [2.75, 3.05) is 11.9 Å². The number of rotatable bonds is 4. The van der Waals surface area contributed by atoms with Gasteiger partial charge in [0.2, 0.25) is 6.10 Å². The Morgan fingerprint density at radius 1 is 0.846 bits per heavy atom. The van der Waals surface area contributed by atoms with Crippen molar-refractivity contribution in [1.29, 1.82) is 0 Å². The van der Waals surface area contributed by atoms with E-state index in [1.54, 1.807) is 30.3 Å². The Bertz CT molecular complexity index is 893. The molecule has 1 aliphatic heterocycles. The standard InChI is InChI=1S/C21H17NO4/c23-21(20-14-24-18-8-4-5-9-19(18)26-20)22-15-10-12-17(13-11-15)25-16-6-2-1-3-7-16/h1-13,20H,14H2,(H,22,23)/t20-/m0/s1. The van der Waals surface area contributed by atoms with E-state index in [0.717, 1.165) is 5.75 Å². The van der Waals surface area contributed by atoms with Gasteiger partial charge in [-0.25, -0.2) is 0 Å². The highest BCUT2D eigenvalue weighted by atomic mass is 16.6. The molecule has 130 valence electrons. The van der Waals surface area contributed by atoms with Gasteiger partial charge in [0, 0.05) is 5.69 Å². The van der Waals surface area contributed by atoms with Crippen LogP contribution in [0.4, 0.5) is 5.69 Å². The smallest absolute Gasteiger partial charge is 0.269 e. The third-order valence-electron chi connectivity index (χ3n) is 3.90. The van der Waals surface area contributed by atoms with E-state index in [1.165, 1.54) is 0 Å². The minimum Gasteiger partial charge on any atom is -0.485 e. The van der Waals surface area contributed by atoms with Gasteiger partial charge in [-0.15, -0.1) is 0 Å². The Kier molecular flexibility index (Phi) is 4.43. The molecule has 0 bridgehead atoms. The highest BCUT2D eigenvalue weighted by Gasteiger charge is 2.27. The molecule has 1 atom stereocenters. The van der Waals surface area contributed by atoms with Crippen LogP contribution in [-0.4, -0.2) is 18.6 Å². The lowest BCUT2D eigenvalue weighted by atomic mass is 10.2. The van der Waals surface area contributed by atoms with Gasteiger partial charge >= 0.3 is 0 Å². The summed E-state index contributed by atoms with van der Waals surface area (Å²) >= 11 is 0. The van der Waals surface area contributed by atoms with E-state index in [1.807, 2.05) is 48.5 Å². The van der Waals surface area contributed by atoms with Crippen LogP contribution in [0.3, 0.4) is 0 Å². The fourth-order valence-electron chi connectivity index (χ4n) is 2.60. The molecular formula is C21H17NO4. The molecule has 5 heteroatoms. The van der Waals surface area contributed by atoms with Gasteiger partial charge in [0.15, 0.2) is 11.5 Å². The monoisotopic (exact) mass is 347 g/mol. The van der Waals surface area contributed by atoms with E-state index in [0.29, 0.717) is 22.9 Å². The topological polar surface area (TPSA) is 56.8 Å². The van der Waals surface area contributed by atoms with Gasteiger partial charge in [0.25, 0.3) is 5.91 Å². The van der Waals surface area contributed by atoms with E-state index in [9.17, 15) is 4.79 Å². The van der Waals surface area contributed by atoms with Crippen LogP contribution in [0.5, 0.6) is 23.0 Å². The zero-order chi connectivity index (χ0) is 17.8. The first-order valence-electron chi connectivity index (χ1n) is 8.30. The molecule has 0 aliphatic carbocycles. The second-order valence-electron chi connectivity index (χ2n) is 5.79. The molecule has 0 unspecified atom stereocenters. The Morgan fingerprint density at radius 3 is 2.27 bits per heavy atom. The molecule has 1 aliphatic rings. The summed E-state index contributed by atoms with van der Waals surface area (Å²) in [6, 6.07) is 24.0. The number of nitrogens with one attached hydrogen (secondary N) is 1. The lowest BCUT2D eigenvalue weighted by Gasteiger charge is -2.25. The molecule has 0 fully saturated rings. The third-order valence-corrected chi connectivity index (χ3v) is 3.90. The van der Waals surface area contributed by atoms with Crippen LogP contribution in [0.1, 0.15) is 0 Å². The predicted octanol–water partition coefficient (Wildman–Crippen LogP) is 4.26. The highest BCUT2D eigenvalue weighted by molar-refractivity contribution is 5.94. The molecule has 0 saturated heterocycles. The van der Waals surface area contributed by atoms with Crippen molar-refractivity contribution in [3.8, 4) is 23.0 Å². The van der Waals surface area contributed by atoms with Gasteiger partial charge in [0.05, 0.1) is 0 Å². The number of para-hydroxylation sites is 3. The molecule has 26 heavy (non-hydrogen) atoms. The average molecular weight is 347 g/mol. The first-order chi connectivity index (χ1) is 12.8. The number of hydrogen-bond acceptors (Lipinski definition) is 4. The largest absolute Gasteiger partial charge is 0.485 e. The summed E-state index contributed by atoms with van der Waals surface area (Å²) in [5.74, 6) is 2.43. The number of fused-ring (bicyclic) bond motifs is 1. The van der Waals surface area contributed by atoms with Gasteiger partial charge < -0.3 is 19.5 Å². The van der Waals surface area contributed by atoms with Crippen LogP contribution in [0.25, 0.3) is 0 Å². The van der Waals surface area contributed by atoms with E-state index in [-0.39, 0.29) is 12.5 Å². The fourth-order valence-corrected chi connectivity index (χ4v) is 2.60. The number of hydrogen-bond donors (Lipinski definition) is 1. The van der Waals surface area contributed by atoms with Crippen molar-refractivity contribution in [3.05, 3.63) is 78.9 Å². The molecule has 1 amide bonds. The van der Waals surface area contributed by atoms with Gasteiger partial charge in [0.1, 0.15) is 18.1 Å². The third kappa shape index (κ3) is 3.62. The Hall–Kier alpha value is -3.47. The van der Waals surface area contributed by atoms with Crippen molar-refractivity contribution in [1.82, 2.24) is 0 Å².